The molecule has 3 aromatic rings. The Morgan fingerprint density at radius 3 is 2.39 bits per heavy atom. The molecule has 1 N–H and O–H groups in total. The number of benzene rings is 2. The number of rotatable bonds is 6. The lowest BCUT2D eigenvalue weighted by molar-refractivity contribution is -0.567. The number of methoxy groups -OCH3 is 1. The Labute approximate surface area is 175 Å². The van der Waals surface area contributed by atoms with Crippen molar-refractivity contribution in [2.24, 2.45) is 0 Å². The van der Waals surface area contributed by atoms with Gasteiger partial charge in [-0.3, -0.25) is 0 Å². The highest BCUT2D eigenvalue weighted by Gasteiger charge is 2.31. The largest absolute Gasteiger partial charge is 0.573 e. The monoisotopic (exact) mass is 434 g/mol. The summed E-state index contributed by atoms with van der Waals surface area (Å²) >= 11 is 0. The van der Waals surface area contributed by atoms with Crippen molar-refractivity contribution in [2.45, 2.75) is 13.3 Å². The van der Waals surface area contributed by atoms with Gasteiger partial charge in [-0.05, 0) is 19.1 Å². The molecule has 0 atom stereocenters. The number of carbonyl (C=O) groups is 1. The van der Waals surface area contributed by atoms with Crippen LogP contribution in [-0.2, 0) is 9.47 Å². The average molecular weight is 434 g/mol. The molecule has 0 aliphatic rings. The number of pyridine rings is 1. The zero-order valence-corrected chi connectivity index (χ0v) is 16.7. The number of ether oxygens (including phenoxy) is 3. The van der Waals surface area contributed by atoms with E-state index >= 15 is 0 Å². The van der Waals surface area contributed by atoms with Gasteiger partial charge >= 0.3 is 12.3 Å². The molecule has 0 saturated heterocycles. The van der Waals surface area contributed by atoms with Crippen LogP contribution in [0.5, 0.6) is 11.5 Å². The van der Waals surface area contributed by atoms with Crippen LogP contribution in [0.2, 0.25) is 0 Å². The zero-order valence-electron chi connectivity index (χ0n) is 16.7. The minimum absolute atomic E-state index is 0.137. The molecule has 9 heteroatoms. The summed E-state index contributed by atoms with van der Waals surface area (Å²) in [5.41, 5.74) is 1.20. The van der Waals surface area contributed by atoms with E-state index in [9.17, 15) is 23.1 Å². The number of carbonyl (C=O) groups excluding carboxylic acids is 1. The molecule has 162 valence electrons. The minimum atomic E-state index is -4.81. The summed E-state index contributed by atoms with van der Waals surface area (Å²) in [6, 6.07) is 10.1. The van der Waals surface area contributed by atoms with Gasteiger partial charge in [-0.2, -0.15) is 4.57 Å². The maximum Gasteiger partial charge on any atom is 0.573 e. The highest BCUT2D eigenvalue weighted by molar-refractivity contribution is 6.01. The van der Waals surface area contributed by atoms with Crippen LogP contribution in [0.25, 0.3) is 22.3 Å². The normalized spacial score (nSPS) is 11.3. The summed E-state index contributed by atoms with van der Waals surface area (Å²) in [7, 11) is 1.17. The topological polar surface area (TPSA) is 68.9 Å². The van der Waals surface area contributed by atoms with E-state index < -0.39 is 18.1 Å². The van der Waals surface area contributed by atoms with Crippen LogP contribution in [-0.4, -0.2) is 31.2 Å². The van der Waals surface area contributed by atoms with Crippen LogP contribution in [0.3, 0.4) is 0 Å². The van der Waals surface area contributed by atoms with Crippen LogP contribution in [0.1, 0.15) is 22.8 Å². The molecular formula is C22H19F3NO5+. The molecule has 0 spiro atoms. The highest BCUT2D eigenvalue weighted by atomic mass is 19.4. The molecule has 1 aromatic heterocycles. The van der Waals surface area contributed by atoms with Crippen LogP contribution in [0.4, 0.5) is 13.2 Å². The van der Waals surface area contributed by atoms with Gasteiger partial charge in [-0.25, -0.2) is 4.79 Å². The van der Waals surface area contributed by atoms with Crippen molar-refractivity contribution in [1.82, 2.24) is 0 Å². The number of alkyl halides is 3. The molecule has 0 amide bonds. The molecule has 0 radical (unpaired) electrons. The first kappa shape index (κ1) is 21.9. The molecular weight excluding hydrogens is 415 g/mol. The standard InChI is InChI=1S/C22H18F3NO5/c1-4-30-13(2)16-6-5-7-18-19(16)20(27)17(21(28)29-3)12-26(18)14-8-10-15(11-9-14)31-22(23,24)25/h5-12H,2,4H2,1,3H3/p+1. The number of aromatic nitrogens is 1. The van der Waals surface area contributed by atoms with E-state index in [4.69, 9.17) is 9.47 Å². The number of esters is 1. The molecule has 3 rings (SSSR count). The van der Waals surface area contributed by atoms with Crippen LogP contribution in [0.15, 0.2) is 55.2 Å². The predicted octanol–water partition coefficient (Wildman–Crippen LogP) is 4.51. The summed E-state index contributed by atoms with van der Waals surface area (Å²) in [5.74, 6) is -1.22. The Morgan fingerprint density at radius 1 is 1.13 bits per heavy atom. The van der Waals surface area contributed by atoms with Gasteiger partial charge in [0.05, 0.1) is 13.7 Å². The Hall–Kier alpha value is -3.75. The van der Waals surface area contributed by atoms with Gasteiger partial charge in [0.25, 0.3) is 0 Å². The van der Waals surface area contributed by atoms with Crippen molar-refractivity contribution in [3.05, 3.63) is 66.4 Å². The molecule has 0 unspecified atom stereocenters. The molecule has 1 heterocycles. The van der Waals surface area contributed by atoms with Gasteiger partial charge in [0.15, 0.2) is 17.5 Å². The predicted molar refractivity (Wildman–Crippen MR) is 106 cm³/mol. The van der Waals surface area contributed by atoms with Gasteiger partial charge in [0.2, 0.25) is 11.2 Å². The summed E-state index contributed by atoms with van der Waals surface area (Å²) < 4.78 is 53.1. The fraction of sp³-hybridized carbons (Fsp3) is 0.182. The lowest BCUT2D eigenvalue weighted by Crippen LogP contribution is -2.33. The number of hydrogen-bond donors (Lipinski definition) is 1. The van der Waals surface area contributed by atoms with Crippen molar-refractivity contribution < 1.29 is 41.8 Å². The van der Waals surface area contributed by atoms with Gasteiger partial charge in [0.1, 0.15) is 16.9 Å². The van der Waals surface area contributed by atoms with E-state index in [1.54, 1.807) is 29.7 Å². The molecule has 0 aliphatic heterocycles. The second kappa shape index (κ2) is 8.55. The van der Waals surface area contributed by atoms with E-state index in [1.807, 2.05) is 0 Å². The number of halogens is 3. The second-order valence-electron chi connectivity index (χ2n) is 6.35. The van der Waals surface area contributed by atoms with Crippen molar-refractivity contribution in [2.75, 3.05) is 13.7 Å². The van der Waals surface area contributed by atoms with Gasteiger partial charge < -0.3 is 19.3 Å². The first-order valence-corrected chi connectivity index (χ1v) is 9.13. The maximum atomic E-state index is 12.5. The third kappa shape index (κ3) is 4.55. The Morgan fingerprint density at radius 2 is 1.81 bits per heavy atom. The quantitative estimate of drug-likeness (QED) is 0.351. The van der Waals surface area contributed by atoms with Crippen molar-refractivity contribution in [1.29, 1.82) is 0 Å². The maximum absolute atomic E-state index is 12.5. The number of hydrogen-bond acceptors (Lipinski definition) is 5. The van der Waals surface area contributed by atoms with Crippen LogP contribution < -0.4 is 9.30 Å². The fourth-order valence-corrected chi connectivity index (χ4v) is 3.15. The minimum Gasteiger partial charge on any atom is -0.506 e. The van der Waals surface area contributed by atoms with Gasteiger partial charge in [-0.15, -0.1) is 13.2 Å². The molecule has 6 nitrogen and oxygen atoms in total. The van der Waals surface area contributed by atoms with E-state index in [-0.39, 0.29) is 22.5 Å². The first-order valence-electron chi connectivity index (χ1n) is 9.13. The Bertz CT molecular complexity index is 1140. The van der Waals surface area contributed by atoms with Crippen LogP contribution in [0, 0.1) is 0 Å². The summed E-state index contributed by atoms with van der Waals surface area (Å²) in [6.45, 7) is 5.99. The molecule has 0 fully saturated rings. The summed E-state index contributed by atoms with van der Waals surface area (Å²) in [6.07, 6.45) is -3.47. The van der Waals surface area contributed by atoms with E-state index in [0.29, 0.717) is 23.4 Å². The molecule has 2 aromatic carbocycles. The number of fused-ring (bicyclic) bond motifs is 1. The Balaban J connectivity index is 2.26. The molecule has 0 bridgehead atoms. The first-order chi connectivity index (χ1) is 14.7. The van der Waals surface area contributed by atoms with Crippen molar-refractivity contribution >= 4 is 22.6 Å². The smallest absolute Gasteiger partial charge is 0.506 e. The highest BCUT2D eigenvalue weighted by Crippen LogP contribution is 2.34. The van der Waals surface area contributed by atoms with Crippen molar-refractivity contribution in [3.8, 4) is 17.2 Å². The second-order valence-corrected chi connectivity index (χ2v) is 6.35. The lowest BCUT2D eigenvalue weighted by Gasteiger charge is -2.13. The third-order valence-electron chi connectivity index (χ3n) is 4.42. The van der Waals surface area contributed by atoms with Gasteiger partial charge in [-0.1, -0.05) is 18.7 Å². The van der Waals surface area contributed by atoms with Crippen LogP contribution >= 0.6 is 0 Å². The summed E-state index contributed by atoms with van der Waals surface area (Å²) in [4.78, 5) is 12.3. The Kier molecular flexibility index (Phi) is 6.05. The third-order valence-corrected chi connectivity index (χ3v) is 4.42. The van der Waals surface area contributed by atoms with E-state index in [2.05, 4.69) is 11.3 Å². The molecule has 0 saturated carbocycles. The molecule has 0 aliphatic carbocycles. The fourth-order valence-electron chi connectivity index (χ4n) is 3.15. The van der Waals surface area contributed by atoms with E-state index in [0.717, 1.165) is 12.1 Å². The number of nitrogens with zero attached hydrogens (tertiary/aromatic N) is 1. The zero-order chi connectivity index (χ0) is 22.8. The lowest BCUT2D eigenvalue weighted by atomic mass is 10.0. The molecule has 31 heavy (non-hydrogen) atoms. The summed E-state index contributed by atoms with van der Waals surface area (Å²) in [5, 5.41) is 11.1. The number of aromatic hydroxyl groups is 1. The average Bonchev–Trinajstić information content (AvgIpc) is 2.73. The van der Waals surface area contributed by atoms with E-state index in [1.165, 1.54) is 25.4 Å². The van der Waals surface area contributed by atoms with Crippen molar-refractivity contribution in [3.63, 3.8) is 0 Å². The van der Waals surface area contributed by atoms with Gasteiger partial charge in [0, 0.05) is 23.8 Å². The SMILES string of the molecule is C=C(OCC)c1cccc2c1c(O)c(C(=O)OC)c[n+]2-c1ccc(OC(F)(F)F)cc1.